The molecule has 0 fully saturated rings. The van der Waals surface area contributed by atoms with Crippen LogP contribution in [0.15, 0.2) is 170 Å². The van der Waals surface area contributed by atoms with Crippen molar-refractivity contribution in [2.45, 2.75) is 296 Å². The lowest BCUT2D eigenvalue weighted by atomic mass is 10.0. The fourth-order valence-corrected chi connectivity index (χ4v) is 11.3. The van der Waals surface area contributed by atoms with E-state index in [0.29, 0.717) is 19.3 Å². The lowest BCUT2D eigenvalue weighted by molar-refractivity contribution is -0.161. The lowest BCUT2D eigenvalue weighted by Gasteiger charge is -2.21. The van der Waals surface area contributed by atoms with Gasteiger partial charge in [-0.25, -0.2) is 9.13 Å². The zero-order chi connectivity index (χ0) is 73.7. The summed E-state index contributed by atoms with van der Waals surface area (Å²) in [6.45, 7) is 2.26. The molecular formula is C83H136O16P2. The summed E-state index contributed by atoms with van der Waals surface area (Å²) >= 11 is 0. The molecule has 0 aliphatic heterocycles. The minimum Gasteiger partial charge on any atom is -0.463 e. The molecule has 16 nitrogen and oxygen atoms in total. The van der Waals surface area contributed by atoms with Gasteiger partial charge in [-0.05, 0) is 148 Å². The Labute approximate surface area is 612 Å². The zero-order valence-corrected chi connectivity index (χ0v) is 64.3. The topological polar surface area (TPSA) is 231 Å². The molecule has 0 spiro atoms. The molecule has 0 aromatic heterocycles. The number of hydrogen-bond acceptors (Lipinski definition) is 14. The van der Waals surface area contributed by atoms with Gasteiger partial charge in [0, 0.05) is 19.3 Å². The summed E-state index contributed by atoms with van der Waals surface area (Å²) in [6.07, 6.45) is 94.1. The molecule has 18 heteroatoms. The smallest absolute Gasteiger partial charge is 0.463 e. The van der Waals surface area contributed by atoms with Crippen LogP contribution in [0.2, 0.25) is 0 Å². The van der Waals surface area contributed by atoms with E-state index >= 15 is 0 Å². The van der Waals surface area contributed by atoms with Crippen molar-refractivity contribution in [1.29, 1.82) is 0 Å². The zero-order valence-electron chi connectivity index (χ0n) is 62.5. The largest absolute Gasteiger partial charge is 0.472 e. The normalized spacial score (nSPS) is 15.0. The molecule has 4 N–H and O–H groups in total. The highest BCUT2D eigenvalue weighted by molar-refractivity contribution is 7.47. The van der Waals surface area contributed by atoms with Gasteiger partial charge < -0.3 is 34.2 Å². The van der Waals surface area contributed by atoms with E-state index in [9.17, 15) is 43.5 Å². The van der Waals surface area contributed by atoms with Crippen LogP contribution in [0.3, 0.4) is 0 Å². The SMILES string of the molecule is CC/C=C\C/C=C\C/C=C\C/C=C\C/C=C\C/C=C\CCCCCCCCCCCCCCC(=O)OCC(O)COP(=O)(O)OCC(O)COP(=O)(O)OCC(COC(=O)CCCCCC/C=C\C/C=C\C/C=C\C/C=C\CC)OC(=O)CCCCCC/C=C\C/C=C\C/C=C\C/C=C\CC. The maximum Gasteiger partial charge on any atom is 0.472 e. The van der Waals surface area contributed by atoms with Crippen molar-refractivity contribution in [3.05, 3.63) is 170 Å². The van der Waals surface area contributed by atoms with Gasteiger partial charge >= 0.3 is 33.6 Å². The quantitative estimate of drug-likeness (QED) is 0.0146. The summed E-state index contributed by atoms with van der Waals surface area (Å²) in [6, 6.07) is 0. The van der Waals surface area contributed by atoms with Crippen molar-refractivity contribution in [3.8, 4) is 0 Å². The second kappa shape index (κ2) is 74.6. The number of phosphoric acid groups is 2. The molecule has 5 unspecified atom stereocenters. The van der Waals surface area contributed by atoms with Crippen LogP contribution >= 0.6 is 15.6 Å². The van der Waals surface area contributed by atoms with Crippen LogP contribution in [0.1, 0.15) is 278 Å². The molecule has 0 aromatic carbocycles. The Hall–Kier alpha value is -5.09. The van der Waals surface area contributed by atoms with E-state index in [1.54, 1.807) is 0 Å². The molecule has 0 aliphatic carbocycles. The number of aliphatic hydroxyl groups is 2. The highest BCUT2D eigenvalue weighted by Crippen LogP contribution is 2.45. The fourth-order valence-electron chi connectivity index (χ4n) is 9.67. The third kappa shape index (κ3) is 75.9. The first kappa shape index (κ1) is 95.9. The molecule has 0 bridgehead atoms. The first-order valence-electron chi connectivity index (χ1n) is 38.4. The molecular weight excluding hydrogens is 1310 g/mol. The minimum absolute atomic E-state index is 0.0654. The molecule has 574 valence electrons. The Morgan fingerprint density at radius 2 is 0.495 bits per heavy atom. The third-order valence-electron chi connectivity index (χ3n) is 15.4. The predicted molar refractivity (Wildman–Crippen MR) is 417 cm³/mol. The third-order valence-corrected chi connectivity index (χ3v) is 17.3. The number of carbonyl (C=O) groups is 3. The number of carbonyl (C=O) groups excluding carboxylic acids is 3. The number of esters is 3. The Balaban J connectivity index is 4.55. The average Bonchev–Trinajstić information content (AvgIpc) is 1.15. The Morgan fingerprint density at radius 1 is 0.277 bits per heavy atom. The number of phosphoric ester groups is 2. The summed E-state index contributed by atoms with van der Waals surface area (Å²) in [5.74, 6) is -1.64. The van der Waals surface area contributed by atoms with E-state index in [0.717, 1.165) is 167 Å². The van der Waals surface area contributed by atoms with Crippen molar-refractivity contribution < 1.29 is 75.8 Å². The summed E-state index contributed by atoms with van der Waals surface area (Å²) < 4.78 is 61.0. The van der Waals surface area contributed by atoms with Crippen molar-refractivity contribution in [2.75, 3.05) is 39.6 Å². The molecule has 0 amide bonds. The van der Waals surface area contributed by atoms with Crippen LogP contribution in [-0.4, -0.2) is 95.9 Å². The molecule has 0 heterocycles. The van der Waals surface area contributed by atoms with Gasteiger partial charge in [-0.1, -0.05) is 281 Å². The van der Waals surface area contributed by atoms with Gasteiger partial charge in [0.05, 0.1) is 26.4 Å². The van der Waals surface area contributed by atoms with Gasteiger partial charge in [0.1, 0.15) is 25.4 Å². The molecule has 0 radical (unpaired) electrons. The number of aliphatic hydroxyl groups excluding tert-OH is 2. The van der Waals surface area contributed by atoms with Gasteiger partial charge in [0.25, 0.3) is 0 Å². The van der Waals surface area contributed by atoms with Gasteiger partial charge in [-0.15, -0.1) is 0 Å². The first-order chi connectivity index (χ1) is 49.2. The van der Waals surface area contributed by atoms with Crippen molar-refractivity contribution in [1.82, 2.24) is 0 Å². The molecule has 101 heavy (non-hydrogen) atoms. The minimum atomic E-state index is -4.95. The first-order valence-corrected chi connectivity index (χ1v) is 41.4. The molecule has 0 aromatic rings. The van der Waals surface area contributed by atoms with Crippen LogP contribution < -0.4 is 0 Å². The number of rotatable bonds is 71. The molecule has 5 atom stereocenters. The van der Waals surface area contributed by atoms with Crippen molar-refractivity contribution >= 4 is 33.6 Å². The van der Waals surface area contributed by atoms with Gasteiger partial charge in [-0.3, -0.25) is 32.5 Å². The van der Waals surface area contributed by atoms with Crippen LogP contribution in [0, 0.1) is 0 Å². The highest BCUT2D eigenvalue weighted by atomic mass is 31.2. The number of unbranched alkanes of at least 4 members (excludes halogenated alkanes) is 20. The summed E-state index contributed by atoms with van der Waals surface area (Å²) in [7, 11) is -9.81. The summed E-state index contributed by atoms with van der Waals surface area (Å²) in [5, 5.41) is 20.6. The summed E-state index contributed by atoms with van der Waals surface area (Å²) in [5.41, 5.74) is 0. The monoisotopic (exact) mass is 1450 g/mol. The molecule has 0 saturated carbocycles. The van der Waals surface area contributed by atoms with Crippen molar-refractivity contribution in [2.24, 2.45) is 0 Å². The van der Waals surface area contributed by atoms with E-state index in [4.69, 9.17) is 32.3 Å². The van der Waals surface area contributed by atoms with E-state index in [2.05, 4.69) is 191 Å². The van der Waals surface area contributed by atoms with Crippen LogP contribution in [0.5, 0.6) is 0 Å². The van der Waals surface area contributed by atoms with Gasteiger partial charge in [0.15, 0.2) is 6.10 Å². The van der Waals surface area contributed by atoms with Crippen LogP contribution in [0.4, 0.5) is 0 Å². The molecule has 0 saturated heterocycles. The second-order valence-corrected chi connectivity index (χ2v) is 27.9. The lowest BCUT2D eigenvalue weighted by Crippen LogP contribution is -2.30. The number of ether oxygens (including phenoxy) is 3. The highest BCUT2D eigenvalue weighted by Gasteiger charge is 2.29. The maximum absolute atomic E-state index is 12.9. The summed E-state index contributed by atoms with van der Waals surface area (Å²) in [4.78, 5) is 58.6. The Morgan fingerprint density at radius 3 is 0.782 bits per heavy atom. The predicted octanol–water partition coefficient (Wildman–Crippen LogP) is 22.4. The van der Waals surface area contributed by atoms with Gasteiger partial charge in [0.2, 0.25) is 0 Å². The number of hydrogen-bond donors (Lipinski definition) is 4. The van der Waals surface area contributed by atoms with Gasteiger partial charge in [-0.2, -0.15) is 0 Å². The molecule has 0 aliphatic rings. The van der Waals surface area contributed by atoms with Crippen LogP contribution in [0.25, 0.3) is 0 Å². The average molecular weight is 1450 g/mol. The van der Waals surface area contributed by atoms with E-state index < -0.39 is 91.5 Å². The fraction of sp³-hybridized carbons (Fsp3) is 0.627. The number of allylic oxidation sites excluding steroid dienone is 28. The second-order valence-electron chi connectivity index (χ2n) is 25.0. The van der Waals surface area contributed by atoms with E-state index in [1.807, 2.05) is 0 Å². The molecule has 0 rings (SSSR count). The van der Waals surface area contributed by atoms with E-state index in [1.165, 1.54) is 51.4 Å². The van der Waals surface area contributed by atoms with Crippen molar-refractivity contribution in [3.63, 3.8) is 0 Å². The Kier molecular flexibility index (Phi) is 70.9. The maximum atomic E-state index is 12.9. The Bertz CT molecular complexity index is 2520. The van der Waals surface area contributed by atoms with E-state index in [-0.39, 0.29) is 19.3 Å². The standard InChI is InChI=1S/C83H136O16P2/c1-4-7-10-13-16-19-22-25-28-31-32-33-34-35-36-37-38-39-40-41-42-43-44-47-49-51-54-57-60-63-66-69-81(86)93-72-78(84)73-95-100(89,90)96-74-79(85)75-97-101(91,92)98-77-80(99-83(88)71-68-65-62-59-56-53-50-46-30-27-24-21-18-15-12-9-6-3)76-94-82(87)70-67-64-61-58-55-52-48-45-29-26-23-20-17-14-11-8-5-2/h7-12,16-21,25-30,32-33,35-36,38-39,48,50,52-53,78-80,84-85H,4-6,13-15,22-24,31,34,37,40-47,49,51,54-77H2,1-3H3,(H,89,90)(H,91,92)/b10-7-,11-8-,12-9-,19-16-,20-17-,21-18-,28-25-,29-26-,30-27-,33-32-,36-35-,39-38-,52-48-,53-50-. The van der Waals surface area contributed by atoms with Crippen LogP contribution in [-0.2, 0) is 55.8 Å².